The highest BCUT2D eigenvalue weighted by Gasteiger charge is 2.27. The average molecular weight is 344 g/mol. The van der Waals surface area contributed by atoms with E-state index in [0.717, 1.165) is 40.9 Å². The number of ether oxygens (including phenoxy) is 1. The molecule has 0 amide bonds. The molecule has 0 unspecified atom stereocenters. The summed E-state index contributed by atoms with van der Waals surface area (Å²) in [5, 5.41) is 9.24. The maximum absolute atomic E-state index is 6.36. The molecule has 1 aliphatic carbocycles. The number of rotatable bonds is 5. The predicted molar refractivity (Wildman–Crippen MR) is 91.7 cm³/mol. The maximum atomic E-state index is 6.36. The van der Waals surface area contributed by atoms with Crippen molar-refractivity contribution in [3.63, 3.8) is 0 Å². The molecule has 0 radical (unpaired) electrons. The molecular formula is C18H18ClN3O2. The van der Waals surface area contributed by atoms with Crippen molar-refractivity contribution in [2.75, 3.05) is 0 Å². The number of aromatic nitrogens is 3. The van der Waals surface area contributed by atoms with Gasteiger partial charge in [0.15, 0.2) is 5.76 Å². The van der Waals surface area contributed by atoms with Gasteiger partial charge in [-0.15, -0.1) is 0 Å². The van der Waals surface area contributed by atoms with Gasteiger partial charge in [0.25, 0.3) is 0 Å². The maximum Gasteiger partial charge on any atom is 0.176 e. The van der Waals surface area contributed by atoms with Crippen molar-refractivity contribution in [2.24, 2.45) is 7.05 Å². The summed E-state index contributed by atoms with van der Waals surface area (Å²) < 4.78 is 13.5. The molecule has 4 rings (SSSR count). The van der Waals surface area contributed by atoms with Gasteiger partial charge in [0, 0.05) is 18.3 Å². The van der Waals surface area contributed by atoms with Gasteiger partial charge in [-0.25, -0.2) is 0 Å². The SMILES string of the molecule is Cc1c(-c2onc(-c3ccccc3Cl)c2COC2CC2)cnn1C. The van der Waals surface area contributed by atoms with Crippen molar-refractivity contribution >= 4 is 11.6 Å². The van der Waals surface area contributed by atoms with E-state index in [0.29, 0.717) is 23.5 Å². The molecule has 6 heteroatoms. The summed E-state index contributed by atoms with van der Waals surface area (Å²) in [5.74, 6) is 0.705. The fourth-order valence-corrected chi connectivity index (χ4v) is 2.90. The minimum absolute atomic E-state index is 0.349. The van der Waals surface area contributed by atoms with Crippen molar-refractivity contribution in [3.8, 4) is 22.6 Å². The second-order valence-corrected chi connectivity index (χ2v) is 6.50. The largest absolute Gasteiger partial charge is 0.373 e. The Balaban J connectivity index is 1.82. The van der Waals surface area contributed by atoms with E-state index < -0.39 is 0 Å². The minimum Gasteiger partial charge on any atom is -0.373 e. The molecule has 0 saturated heterocycles. The van der Waals surface area contributed by atoms with Crippen molar-refractivity contribution < 1.29 is 9.26 Å². The van der Waals surface area contributed by atoms with E-state index in [1.54, 1.807) is 6.20 Å². The number of aryl methyl sites for hydroxylation is 1. The Morgan fingerprint density at radius 3 is 2.75 bits per heavy atom. The minimum atomic E-state index is 0.349. The zero-order chi connectivity index (χ0) is 16.7. The predicted octanol–water partition coefficient (Wildman–Crippen LogP) is 4.38. The van der Waals surface area contributed by atoms with Gasteiger partial charge in [-0.2, -0.15) is 5.10 Å². The molecular weight excluding hydrogens is 326 g/mol. The first-order chi connectivity index (χ1) is 11.6. The van der Waals surface area contributed by atoms with E-state index in [1.807, 2.05) is 42.9 Å². The average Bonchev–Trinajstić information content (AvgIpc) is 3.24. The molecule has 2 aromatic heterocycles. The fourth-order valence-electron chi connectivity index (χ4n) is 2.68. The molecule has 0 atom stereocenters. The lowest BCUT2D eigenvalue weighted by Crippen LogP contribution is -1.98. The Labute approximate surface area is 145 Å². The van der Waals surface area contributed by atoms with Crippen molar-refractivity contribution in [2.45, 2.75) is 32.5 Å². The van der Waals surface area contributed by atoms with Gasteiger partial charge in [0.05, 0.1) is 35.1 Å². The fraction of sp³-hybridized carbons (Fsp3) is 0.333. The molecule has 0 aliphatic heterocycles. The van der Waals surface area contributed by atoms with Crippen LogP contribution in [0.25, 0.3) is 22.6 Å². The molecule has 3 aromatic rings. The van der Waals surface area contributed by atoms with Crippen LogP contribution in [-0.4, -0.2) is 21.0 Å². The summed E-state index contributed by atoms with van der Waals surface area (Å²) in [4.78, 5) is 0. The quantitative estimate of drug-likeness (QED) is 0.689. The van der Waals surface area contributed by atoms with Gasteiger partial charge in [-0.05, 0) is 25.8 Å². The zero-order valence-corrected chi connectivity index (χ0v) is 14.4. The number of benzene rings is 1. The van der Waals surface area contributed by atoms with Crippen LogP contribution >= 0.6 is 11.6 Å². The molecule has 1 aliphatic rings. The van der Waals surface area contributed by atoms with Gasteiger partial charge >= 0.3 is 0 Å². The van der Waals surface area contributed by atoms with Gasteiger partial charge in [0.1, 0.15) is 5.69 Å². The Morgan fingerprint density at radius 1 is 1.29 bits per heavy atom. The standard InChI is InChI=1S/C18H18ClN3O2/c1-11-14(9-20-22(11)2)18-15(10-23-12-7-8-12)17(21-24-18)13-5-3-4-6-16(13)19/h3-6,9,12H,7-8,10H2,1-2H3. The number of halogens is 1. The first-order valence-electron chi connectivity index (χ1n) is 7.99. The summed E-state index contributed by atoms with van der Waals surface area (Å²) in [6, 6.07) is 7.64. The lowest BCUT2D eigenvalue weighted by molar-refractivity contribution is 0.106. The Hall–Kier alpha value is -2.11. The van der Waals surface area contributed by atoms with Crippen LogP contribution in [0.3, 0.4) is 0 Å². The van der Waals surface area contributed by atoms with Gasteiger partial charge in [-0.1, -0.05) is 35.0 Å². The van der Waals surface area contributed by atoms with Crippen LogP contribution in [0.5, 0.6) is 0 Å². The highest BCUT2D eigenvalue weighted by molar-refractivity contribution is 6.33. The van der Waals surface area contributed by atoms with E-state index in [1.165, 1.54) is 0 Å². The molecule has 0 bridgehead atoms. The van der Waals surface area contributed by atoms with Crippen LogP contribution in [0.4, 0.5) is 0 Å². The van der Waals surface area contributed by atoms with Crippen LogP contribution < -0.4 is 0 Å². The van der Waals surface area contributed by atoms with Crippen LogP contribution in [0.1, 0.15) is 24.1 Å². The summed E-state index contributed by atoms with van der Waals surface area (Å²) in [6.45, 7) is 2.46. The van der Waals surface area contributed by atoms with Crippen molar-refractivity contribution in [1.29, 1.82) is 0 Å². The van der Waals surface area contributed by atoms with E-state index in [9.17, 15) is 0 Å². The molecule has 0 spiro atoms. The topological polar surface area (TPSA) is 53.1 Å². The first kappa shape index (κ1) is 15.4. The second-order valence-electron chi connectivity index (χ2n) is 6.10. The smallest absolute Gasteiger partial charge is 0.176 e. The lowest BCUT2D eigenvalue weighted by Gasteiger charge is -2.06. The summed E-state index contributed by atoms with van der Waals surface area (Å²) in [7, 11) is 1.91. The molecule has 1 saturated carbocycles. The van der Waals surface area contributed by atoms with Gasteiger partial charge < -0.3 is 9.26 Å². The molecule has 124 valence electrons. The van der Waals surface area contributed by atoms with Crippen LogP contribution in [-0.2, 0) is 18.4 Å². The third-order valence-corrected chi connectivity index (χ3v) is 4.71. The van der Waals surface area contributed by atoms with Gasteiger partial charge in [0.2, 0.25) is 0 Å². The van der Waals surface area contributed by atoms with E-state index in [-0.39, 0.29) is 0 Å². The summed E-state index contributed by atoms with van der Waals surface area (Å²) >= 11 is 6.36. The molecule has 24 heavy (non-hydrogen) atoms. The third-order valence-electron chi connectivity index (χ3n) is 4.38. The number of nitrogens with zero attached hydrogens (tertiary/aromatic N) is 3. The highest BCUT2D eigenvalue weighted by atomic mass is 35.5. The summed E-state index contributed by atoms with van der Waals surface area (Å²) in [6.07, 6.45) is 4.39. The summed E-state index contributed by atoms with van der Waals surface area (Å²) in [5.41, 5.74) is 4.46. The molecule has 5 nitrogen and oxygen atoms in total. The molecule has 1 aromatic carbocycles. The van der Waals surface area contributed by atoms with E-state index in [2.05, 4.69) is 10.3 Å². The van der Waals surface area contributed by atoms with Crippen LogP contribution in [0.2, 0.25) is 5.02 Å². The van der Waals surface area contributed by atoms with Gasteiger partial charge in [-0.3, -0.25) is 4.68 Å². The monoisotopic (exact) mass is 343 g/mol. The number of hydrogen-bond acceptors (Lipinski definition) is 4. The van der Waals surface area contributed by atoms with E-state index in [4.69, 9.17) is 20.9 Å². The number of hydrogen-bond donors (Lipinski definition) is 0. The highest BCUT2D eigenvalue weighted by Crippen LogP contribution is 2.38. The second kappa shape index (κ2) is 6.07. The van der Waals surface area contributed by atoms with Crippen LogP contribution in [0, 0.1) is 6.92 Å². The first-order valence-corrected chi connectivity index (χ1v) is 8.37. The van der Waals surface area contributed by atoms with E-state index >= 15 is 0 Å². The van der Waals surface area contributed by atoms with Crippen molar-refractivity contribution in [1.82, 2.24) is 14.9 Å². The Kier molecular flexibility index (Phi) is 3.90. The van der Waals surface area contributed by atoms with Crippen molar-refractivity contribution in [3.05, 3.63) is 46.7 Å². The normalized spacial score (nSPS) is 14.3. The Bertz CT molecular complexity index is 880. The third kappa shape index (κ3) is 2.74. The Morgan fingerprint density at radius 2 is 2.08 bits per heavy atom. The molecule has 0 N–H and O–H groups in total. The lowest BCUT2D eigenvalue weighted by atomic mass is 10.0. The zero-order valence-electron chi connectivity index (χ0n) is 13.6. The molecule has 1 fully saturated rings. The van der Waals surface area contributed by atoms with Crippen LogP contribution in [0.15, 0.2) is 35.0 Å². The molecule has 2 heterocycles.